The maximum atomic E-state index is 13.1. The van der Waals surface area contributed by atoms with E-state index >= 15 is 0 Å². The van der Waals surface area contributed by atoms with Crippen LogP contribution in [0.5, 0.6) is 0 Å². The third kappa shape index (κ3) is 5.56. The highest BCUT2D eigenvalue weighted by molar-refractivity contribution is 6.56. The molecule has 34 heavy (non-hydrogen) atoms. The van der Waals surface area contributed by atoms with Gasteiger partial charge in [-0.15, -0.1) is 0 Å². The van der Waals surface area contributed by atoms with Crippen molar-refractivity contribution in [3.8, 4) is 0 Å². The molecule has 3 aromatic rings. The number of nitro groups is 2. The molecule has 0 fully saturated rings. The standard InChI is InChI=1S/C22H14ClF3N4O4/c23-20(15-9-5-2-6-10-15)17(14-7-3-1-4-8-14)13-27-28-21-18(29(31)32)11-16(22(24,25)26)12-19(21)30(33)34/h1-13,28H/b20-17-,27-13-. The highest BCUT2D eigenvalue weighted by atomic mass is 35.5. The molecule has 3 rings (SSSR count). The number of anilines is 1. The Morgan fingerprint density at radius 3 is 1.79 bits per heavy atom. The second-order valence-electron chi connectivity index (χ2n) is 6.73. The molecule has 1 N–H and O–H groups in total. The zero-order valence-corrected chi connectivity index (χ0v) is 17.7. The van der Waals surface area contributed by atoms with Crippen LogP contribution in [0.15, 0.2) is 77.9 Å². The molecule has 8 nitrogen and oxygen atoms in total. The summed E-state index contributed by atoms with van der Waals surface area (Å²) >= 11 is 6.54. The second kappa shape index (κ2) is 10.1. The summed E-state index contributed by atoms with van der Waals surface area (Å²) < 4.78 is 39.3. The molecule has 0 aliphatic rings. The zero-order chi connectivity index (χ0) is 24.9. The van der Waals surface area contributed by atoms with E-state index in [0.29, 0.717) is 16.7 Å². The third-order valence-corrected chi connectivity index (χ3v) is 4.96. The van der Waals surface area contributed by atoms with Crippen LogP contribution in [0, 0.1) is 20.2 Å². The Labute approximate surface area is 195 Å². The van der Waals surface area contributed by atoms with E-state index in [1.54, 1.807) is 60.7 Å². The van der Waals surface area contributed by atoms with E-state index in [2.05, 4.69) is 10.5 Å². The molecule has 0 bridgehead atoms. The van der Waals surface area contributed by atoms with Crippen LogP contribution in [-0.4, -0.2) is 16.1 Å². The van der Waals surface area contributed by atoms with Gasteiger partial charge in [0.05, 0.1) is 26.7 Å². The molecule has 0 aliphatic carbocycles. The van der Waals surface area contributed by atoms with Crippen LogP contribution >= 0.6 is 11.6 Å². The van der Waals surface area contributed by atoms with E-state index < -0.39 is 38.6 Å². The predicted molar refractivity (Wildman–Crippen MR) is 122 cm³/mol. The fraction of sp³-hybridized carbons (Fsp3) is 0.0455. The Morgan fingerprint density at radius 1 is 0.882 bits per heavy atom. The summed E-state index contributed by atoms with van der Waals surface area (Å²) in [5.41, 5.74) is -0.892. The van der Waals surface area contributed by atoms with Gasteiger partial charge in [0.25, 0.3) is 0 Å². The van der Waals surface area contributed by atoms with Crippen molar-refractivity contribution < 1.29 is 23.0 Å². The van der Waals surface area contributed by atoms with Crippen molar-refractivity contribution >= 4 is 45.5 Å². The molecule has 0 saturated heterocycles. The Hall–Kier alpha value is -4.25. The number of nitrogens with zero attached hydrogens (tertiary/aromatic N) is 3. The number of allylic oxidation sites excluding steroid dienone is 1. The summed E-state index contributed by atoms with van der Waals surface area (Å²) in [6.45, 7) is 0. The lowest BCUT2D eigenvalue weighted by Gasteiger charge is -2.10. The van der Waals surface area contributed by atoms with Crippen LogP contribution in [0.25, 0.3) is 10.6 Å². The largest absolute Gasteiger partial charge is 0.416 e. The van der Waals surface area contributed by atoms with E-state index in [1.807, 2.05) is 0 Å². The van der Waals surface area contributed by atoms with E-state index in [-0.39, 0.29) is 17.2 Å². The molecule has 0 aromatic heterocycles. The maximum Gasteiger partial charge on any atom is 0.416 e. The van der Waals surface area contributed by atoms with Gasteiger partial charge in [0.15, 0.2) is 0 Å². The fourth-order valence-electron chi connectivity index (χ4n) is 2.96. The molecule has 0 unspecified atom stereocenters. The Balaban J connectivity index is 2.10. The topological polar surface area (TPSA) is 111 Å². The van der Waals surface area contributed by atoms with Crippen LogP contribution in [0.1, 0.15) is 16.7 Å². The monoisotopic (exact) mass is 490 g/mol. The molecule has 0 amide bonds. The summed E-state index contributed by atoms with van der Waals surface area (Å²) in [5, 5.41) is 26.9. The van der Waals surface area contributed by atoms with Gasteiger partial charge in [0.1, 0.15) is 0 Å². The molecule has 0 atom stereocenters. The highest BCUT2D eigenvalue weighted by Gasteiger charge is 2.37. The SMILES string of the molecule is O=[N+]([O-])c1cc(C(F)(F)F)cc([N+](=O)[O-])c1N/N=C\C(=C(\Cl)c1ccccc1)c1ccccc1. The van der Waals surface area contributed by atoms with Crippen molar-refractivity contribution in [3.63, 3.8) is 0 Å². The van der Waals surface area contributed by atoms with Gasteiger partial charge in [-0.1, -0.05) is 72.3 Å². The lowest BCUT2D eigenvalue weighted by molar-refractivity contribution is -0.392. The van der Waals surface area contributed by atoms with Gasteiger partial charge >= 0.3 is 17.6 Å². The van der Waals surface area contributed by atoms with Crippen LogP contribution in [0.2, 0.25) is 0 Å². The molecule has 174 valence electrons. The fourth-order valence-corrected chi connectivity index (χ4v) is 3.24. The van der Waals surface area contributed by atoms with Gasteiger partial charge in [-0.25, -0.2) is 0 Å². The zero-order valence-electron chi connectivity index (χ0n) is 17.0. The highest BCUT2D eigenvalue weighted by Crippen LogP contribution is 2.41. The van der Waals surface area contributed by atoms with Crippen molar-refractivity contribution in [1.82, 2.24) is 0 Å². The second-order valence-corrected chi connectivity index (χ2v) is 7.11. The van der Waals surface area contributed by atoms with Crippen LogP contribution < -0.4 is 5.43 Å². The Kier molecular flexibility index (Phi) is 7.27. The number of nitrogens with one attached hydrogen (secondary N) is 1. The molecule has 0 saturated carbocycles. The minimum atomic E-state index is -5.02. The minimum Gasteiger partial charge on any atom is -0.266 e. The summed E-state index contributed by atoms with van der Waals surface area (Å²) in [6.07, 6.45) is -3.85. The number of alkyl halides is 3. The number of nitro benzene ring substituents is 2. The molecular weight excluding hydrogens is 477 g/mol. The number of hydrazone groups is 1. The molecule has 0 aliphatic heterocycles. The third-order valence-electron chi connectivity index (χ3n) is 4.54. The molecule has 0 radical (unpaired) electrons. The molecule has 0 heterocycles. The van der Waals surface area contributed by atoms with E-state index in [1.165, 1.54) is 6.21 Å². The lowest BCUT2D eigenvalue weighted by atomic mass is 10.0. The Bertz CT molecular complexity index is 1250. The van der Waals surface area contributed by atoms with Crippen molar-refractivity contribution in [1.29, 1.82) is 0 Å². The molecule has 12 heteroatoms. The first kappa shape index (κ1) is 24.4. The number of hydrogen-bond acceptors (Lipinski definition) is 6. The van der Waals surface area contributed by atoms with Crippen molar-refractivity contribution in [2.45, 2.75) is 6.18 Å². The summed E-state index contributed by atoms with van der Waals surface area (Å²) in [4.78, 5) is 20.4. The van der Waals surface area contributed by atoms with Gasteiger partial charge in [0, 0.05) is 17.7 Å². The van der Waals surface area contributed by atoms with E-state index in [9.17, 15) is 33.4 Å². The quantitative estimate of drug-likeness (QED) is 0.171. The number of benzene rings is 3. The average molecular weight is 491 g/mol. The van der Waals surface area contributed by atoms with E-state index in [0.717, 1.165) is 0 Å². The first-order valence-electron chi connectivity index (χ1n) is 9.43. The normalized spacial score (nSPS) is 12.4. The van der Waals surface area contributed by atoms with Gasteiger partial charge in [0.2, 0.25) is 5.69 Å². The average Bonchev–Trinajstić information content (AvgIpc) is 2.81. The van der Waals surface area contributed by atoms with Gasteiger partial charge in [-0.2, -0.15) is 18.3 Å². The van der Waals surface area contributed by atoms with Crippen LogP contribution in [0.4, 0.5) is 30.2 Å². The maximum absolute atomic E-state index is 13.1. The van der Waals surface area contributed by atoms with Gasteiger partial charge in [-0.3, -0.25) is 25.7 Å². The van der Waals surface area contributed by atoms with Gasteiger partial charge in [-0.05, 0) is 11.1 Å². The summed E-state index contributed by atoms with van der Waals surface area (Å²) in [6, 6.07) is 17.8. The summed E-state index contributed by atoms with van der Waals surface area (Å²) in [5.74, 6) is 0. The molecule has 0 spiro atoms. The number of rotatable bonds is 7. The van der Waals surface area contributed by atoms with Crippen molar-refractivity contribution in [3.05, 3.63) is 110 Å². The molecule has 3 aromatic carbocycles. The lowest BCUT2D eigenvalue weighted by Crippen LogP contribution is -2.09. The first-order valence-corrected chi connectivity index (χ1v) is 9.81. The van der Waals surface area contributed by atoms with Gasteiger partial charge < -0.3 is 0 Å². The smallest absolute Gasteiger partial charge is 0.266 e. The van der Waals surface area contributed by atoms with E-state index in [4.69, 9.17) is 11.6 Å². The first-order chi connectivity index (χ1) is 16.1. The van der Waals surface area contributed by atoms with Crippen LogP contribution in [0.3, 0.4) is 0 Å². The number of halogens is 4. The number of hydrogen-bond donors (Lipinski definition) is 1. The minimum absolute atomic E-state index is 0.204. The van der Waals surface area contributed by atoms with Crippen LogP contribution in [-0.2, 0) is 6.18 Å². The summed E-state index contributed by atoms with van der Waals surface area (Å²) in [7, 11) is 0. The van der Waals surface area contributed by atoms with Crippen molar-refractivity contribution in [2.24, 2.45) is 5.10 Å². The Morgan fingerprint density at radius 2 is 1.35 bits per heavy atom. The molecular formula is C22H14ClF3N4O4. The van der Waals surface area contributed by atoms with Crippen molar-refractivity contribution in [2.75, 3.05) is 5.43 Å². The predicted octanol–water partition coefficient (Wildman–Crippen LogP) is 6.73.